The summed E-state index contributed by atoms with van der Waals surface area (Å²) in [5, 5.41) is 1.10. The Labute approximate surface area is 249 Å². The van der Waals surface area contributed by atoms with E-state index < -0.39 is 0 Å². The summed E-state index contributed by atoms with van der Waals surface area (Å²) < 4.78 is 0. The average molecular weight is 565 g/mol. The number of unbranched alkanes of at least 4 members (excludes halogenated alkanes) is 3. The first kappa shape index (κ1) is 50.4. The molecule has 0 aliphatic carbocycles. The predicted octanol–water partition coefficient (Wildman–Crippen LogP) is 2.51. The van der Waals surface area contributed by atoms with E-state index in [0.29, 0.717) is 10.3 Å². The number of hydrogen-bond acceptors (Lipinski definition) is 0. The van der Waals surface area contributed by atoms with Crippen LogP contribution in [0.15, 0.2) is 0 Å². The first-order valence-corrected chi connectivity index (χ1v) is 15.0. The van der Waals surface area contributed by atoms with Gasteiger partial charge in [-0.15, -0.1) is 39.0 Å². The topological polar surface area (TPSA) is 0 Å². The molecule has 0 aliphatic heterocycles. The van der Waals surface area contributed by atoms with E-state index in [4.69, 9.17) is 23.2 Å². The van der Waals surface area contributed by atoms with Crippen molar-refractivity contribution in [3.05, 3.63) is 13.8 Å². The number of rotatable bonds is 9. The minimum Gasteiger partial charge on any atom is -1.00 e. The molecule has 0 amide bonds. The van der Waals surface area contributed by atoms with Gasteiger partial charge in [-0.3, -0.25) is 0 Å². The number of hydrogen-bond donors (Lipinski definition) is 0. The van der Waals surface area contributed by atoms with Crippen LogP contribution in [0.3, 0.4) is 0 Å². The van der Waals surface area contributed by atoms with E-state index in [-0.39, 0.29) is 86.8 Å². The van der Waals surface area contributed by atoms with Gasteiger partial charge in [0.05, 0.1) is 0 Å². The zero-order chi connectivity index (χ0) is 21.2. The number of alkyl halides is 2. The molecule has 30 heavy (non-hydrogen) atoms. The molecule has 0 fully saturated rings. The van der Waals surface area contributed by atoms with Crippen LogP contribution in [0.25, 0.3) is 0 Å². The van der Waals surface area contributed by atoms with Gasteiger partial charge in [-0.05, 0) is 61.6 Å². The van der Waals surface area contributed by atoms with E-state index in [1.54, 1.807) is 0 Å². The van der Waals surface area contributed by atoms with E-state index in [9.17, 15) is 0 Å². The molecule has 0 aliphatic rings. The standard InChI is InChI=1S/C14H32P2.C4H8Cl2.C4H8.2ClH.2Mg/c1-13(2,3)15(7)11-9-10-12-16(8)14(4,5)6;5-3-1-2-4-6;1-3-4-2;;;;/h9-12H2,1-8H3;1-4H2;1-4H2;2*1H;;/q;;-2;;;2*+2/p-2. The average Bonchev–Trinajstić information content (AvgIpc) is 2.55. The van der Waals surface area contributed by atoms with Crippen molar-refractivity contribution < 1.29 is 24.8 Å². The molecule has 0 saturated carbocycles. The van der Waals surface area contributed by atoms with Crippen LogP contribution in [-0.2, 0) is 0 Å². The zero-order valence-electron chi connectivity index (χ0n) is 21.3. The summed E-state index contributed by atoms with van der Waals surface area (Å²) in [7, 11) is 0.453. The Balaban J connectivity index is -0.0000000642. The van der Waals surface area contributed by atoms with Crippen LogP contribution in [-0.4, -0.2) is 93.8 Å². The van der Waals surface area contributed by atoms with E-state index in [1.165, 1.54) is 25.2 Å². The molecule has 2 unspecified atom stereocenters. The third-order valence-electron chi connectivity index (χ3n) is 4.29. The van der Waals surface area contributed by atoms with Crippen molar-refractivity contribution >= 4 is 85.2 Å². The molecule has 0 aromatic carbocycles. The molecule has 8 heteroatoms. The maximum atomic E-state index is 5.32. The molecule has 0 N–H and O–H groups in total. The third-order valence-corrected chi connectivity index (χ3v) is 11.4. The maximum absolute atomic E-state index is 5.32. The summed E-state index contributed by atoms with van der Waals surface area (Å²) in [6.07, 6.45) is 9.83. The van der Waals surface area contributed by atoms with Crippen molar-refractivity contribution in [2.75, 3.05) is 37.4 Å². The van der Waals surface area contributed by atoms with Gasteiger partial charge in [0, 0.05) is 11.8 Å². The summed E-state index contributed by atoms with van der Waals surface area (Å²) in [6.45, 7) is 26.4. The largest absolute Gasteiger partial charge is 2.00 e. The van der Waals surface area contributed by atoms with Crippen LogP contribution < -0.4 is 24.8 Å². The van der Waals surface area contributed by atoms with Gasteiger partial charge in [0.2, 0.25) is 0 Å². The minimum atomic E-state index is 0. The van der Waals surface area contributed by atoms with Crippen LogP contribution >= 0.6 is 39.0 Å². The van der Waals surface area contributed by atoms with Gasteiger partial charge in [0.1, 0.15) is 0 Å². The molecule has 0 aromatic rings. The summed E-state index contributed by atoms with van der Waals surface area (Å²) >= 11 is 10.6. The Morgan fingerprint density at radius 2 is 0.833 bits per heavy atom. The van der Waals surface area contributed by atoms with Gasteiger partial charge in [-0.25, -0.2) is 12.8 Å². The smallest absolute Gasteiger partial charge is 1.00 e. The Bertz CT molecular complexity index is 259. The van der Waals surface area contributed by atoms with Crippen LogP contribution in [0, 0.1) is 13.8 Å². The van der Waals surface area contributed by atoms with Crippen LogP contribution in [0.5, 0.6) is 0 Å². The molecule has 0 radical (unpaired) electrons. The van der Waals surface area contributed by atoms with Crippen molar-refractivity contribution in [2.24, 2.45) is 0 Å². The first-order chi connectivity index (χ1) is 11.9. The molecule has 0 nitrogen and oxygen atoms in total. The molecule has 178 valence electrons. The minimum absolute atomic E-state index is 0. The third kappa shape index (κ3) is 41.8. The molecule has 0 bridgehead atoms. The van der Waals surface area contributed by atoms with Gasteiger partial charge in [0.15, 0.2) is 0 Å². The van der Waals surface area contributed by atoms with Crippen molar-refractivity contribution in [2.45, 2.75) is 90.4 Å². The Kier molecular flexibility index (Phi) is 54.7. The first-order valence-electron chi connectivity index (χ1n) is 10.0. The fourth-order valence-electron chi connectivity index (χ4n) is 1.56. The molecule has 0 aromatic heterocycles. The molecular formula is C22H48Cl4Mg2P2. The molecule has 0 spiro atoms. The van der Waals surface area contributed by atoms with Gasteiger partial charge < -0.3 is 38.7 Å². The normalized spacial score (nSPS) is 12.0. The molecule has 0 saturated heterocycles. The fraction of sp³-hybridized carbons (Fsp3) is 0.909. The van der Waals surface area contributed by atoms with Crippen molar-refractivity contribution in [3.63, 3.8) is 0 Å². The van der Waals surface area contributed by atoms with Gasteiger partial charge in [0.25, 0.3) is 0 Å². The van der Waals surface area contributed by atoms with Crippen LogP contribution in [0.1, 0.15) is 80.1 Å². The van der Waals surface area contributed by atoms with Crippen LogP contribution in [0.4, 0.5) is 0 Å². The zero-order valence-corrected chi connectivity index (χ0v) is 28.9. The maximum Gasteiger partial charge on any atom is 2.00 e. The molecule has 2 atom stereocenters. The van der Waals surface area contributed by atoms with E-state index in [0.717, 1.165) is 37.4 Å². The second-order valence-corrected chi connectivity index (χ2v) is 15.8. The van der Waals surface area contributed by atoms with E-state index in [2.05, 4.69) is 68.7 Å². The quantitative estimate of drug-likeness (QED) is 0.133. The Morgan fingerprint density at radius 1 is 0.600 bits per heavy atom. The van der Waals surface area contributed by atoms with Gasteiger partial charge in [-0.2, -0.15) is 0 Å². The second-order valence-electron chi connectivity index (χ2n) is 8.68. The monoisotopic (exact) mass is 562 g/mol. The summed E-state index contributed by atoms with van der Waals surface area (Å²) in [5.41, 5.74) is 0. The predicted molar refractivity (Wildman–Crippen MR) is 146 cm³/mol. The van der Waals surface area contributed by atoms with Gasteiger partial charge in [-0.1, -0.05) is 41.5 Å². The van der Waals surface area contributed by atoms with Gasteiger partial charge >= 0.3 is 46.1 Å². The van der Waals surface area contributed by atoms with E-state index >= 15 is 0 Å². The SMILES string of the molecule is CP(CCCCP(C)C(C)(C)C)C(C)(C)C.ClCCCCCl.[CH2-]CC[CH2-].[Cl-].[Cl-].[Mg+2].[Mg+2]. The Hall–Kier alpha value is 3.55. The summed E-state index contributed by atoms with van der Waals surface area (Å²) in [5.74, 6) is 1.49. The second kappa shape index (κ2) is 32.6. The van der Waals surface area contributed by atoms with Crippen molar-refractivity contribution in [1.82, 2.24) is 0 Å². The number of halogens is 4. The summed E-state index contributed by atoms with van der Waals surface area (Å²) in [4.78, 5) is 0. The molecule has 0 rings (SSSR count). The van der Waals surface area contributed by atoms with Crippen molar-refractivity contribution in [3.8, 4) is 0 Å². The van der Waals surface area contributed by atoms with E-state index in [1.807, 2.05) is 0 Å². The Morgan fingerprint density at radius 3 is 0.967 bits per heavy atom. The van der Waals surface area contributed by atoms with Crippen molar-refractivity contribution in [1.29, 1.82) is 0 Å². The molecule has 0 heterocycles. The molecular weight excluding hydrogens is 517 g/mol. The van der Waals surface area contributed by atoms with Crippen LogP contribution in [0.2, 0.25) is 0 Å². The fourth-order valence-corrected chi connectivity index (χ4v) is 4.67. The summed E-state index contributed by atoms with van der Waals surface area (Å²) in [6, 6.07) is 0.